The fourth-order valence-electron chi connectivity index (χ4n) is 1.03. The Morgan fingerprint density at radius 1 is 1.31 bits per heavy atom. The van der Waals surface area contributed by atoms with Crippen molar-refractivity contribution in [3.8, 4) is 0 Å². The van der Waals surface area contributed by atoms with Crippen LogP contribution in [0.25, 0.3) is 0 Å². The molecule has 0 radical (unpaired) electrons. The van der Waals surface area contributed by atoms with Gasteiger partial charge in [0.25, 0.3) is 0 Å². The first kappa shape index (κ1) is 10.1. The summed E-state index contributed by atoms with van der Waals surface area (Å²) >= 11 is 0. The molecule has 0 aliphatic carbocycles. The smallest absolute Gasteiger partial charge is 0.310 e. The Labute approximate surface area is 78.7 Å². The molecule has 2 aliphatic rings. The van der Waals surface area contributed by atoms with Crippen molar-refractivity contribution < 1.29 is 26.9 Å². The maximum absolute atomic E-state index is 9.10. The van der Waals surface area contributed by atoms with Gasteiger partial charge in [0.2, 0.25) is 0 Å². The number of rotatable bonds is 2. The Balaban J connectivity index is 1.77. The summed E-state index contributed by atoms with van der Waals surface area (Å²) < 4.78 is 38.4. The summed E-state index contributed by atoms with van der Waals surface area (Å²) in [7, 11) is -4.15. The zero-order valence-corrected chi connectivity index (χ0v) is 8.50. The van der Waals surface area contributed by atoms with Crippen LogP contribution in [0.1, 0.15) is 0 Å². The van der Waals surface area contributed by atoms with Crippen LogP contribution in [0.4, 0.5) is 0 Å². The molecule has 1 atom stereocenters. The molecule has 0 amide bonds. The minimum absolute atomic E-state index is 0.110. The van der Waals surface area contributed by atoms with Gasteiger partial charge in [-0.3, -0.25) is 4.18 Å². The van der Waals surface area contributed by atoms with Gasteiger partial charge in [-0.1, -0.05) is 0 Å². The fraction of sp³-hybridized carbons (Fsp3) is 1.00. The van der Waals surface area contributed by atoms with E-state index in [0.29, 0.717) is 13.2 Å². The van der Waals surface area contributed by atoms with Crippen molar-refractivity contribution in [1.82, 2.24) is 0 Å². The lowest BCUT2D eigenvalue weighted by Crippen LogP contribution is -2.13. The summed E-state index contributed by atoms with van der Waals surface area (Å²) in [5.74, 6) is 0.110. The van der Waals surface area contributed by atoms with Crippen molar-refractivity contribution in [1.29, 1.82) is 0 Å². The number of hydrogen-bond acceptors (Lipinski definition) is 6. The summed E-state index contributed by atoms with van der Waals surface area (Å²) in [5.41, 5.74) is 0. The topological polar surface area (TPSA) is 77.4 Å². The molecular formula is C5H11O6PS. The van der Waals surface area contributed by atoms with Crippen molar-refractivity contribution in [2.45, 2.75) is 6.10 Å². The third kappa shape index (κ3) is 2.74. The maximum Gasteiger partial charge on any atom is 0.333 e. The summed E-state index contributed by atoms with van der Waals surface area (Å²) in [6, 6.07) is 0. The minimum Gasteiger partial charge on any atom is -0.310 e. The molecule has 13 heavy (non-hydrogen) atoms. The molecule has 78 valence electrons. The van der Waals surface area contributed by atoms with E-state index >= 15 is 0 Å². The molecule has 6 nitrogen and oxygen atoms in total. The van der Waals surface area contributed by atoms with Gasteiger partial charge in [0.1, 0.15) is 6.10 Å². The first-order chi connectivity index (χ1) is 6.16. The quantitative estimate of drug-likeness (QED) is 0.697. The predicted molar refractivity (Wildman–Crippen MR) is 47.4 cm³/mol. The Hall–Kier alpha value is 0.540. The molecule has 0 bridgehead atoms. The highest BCUT2D eigenvalue weighted by Gasteiger charge is 2.36. The first-order valence-electron chi connectivity index (χ1n) is 3.79. The fourth-order valence-corrected chi connectivity index (χ4v) is 3.27. The van der Waals surface area contributed by atoms with Crippen LogP contribution >= 0.6 is 19.5 Å². The minimum atomic E-state index is -2.86. The van der Waals surface area contributed by atoms with E-state index in [-0.39, 0.29) is 18.5 Å². The molecule has 2 fully saturated rings. The molecule has 2 rings (SSSR count). The molecule has 0 spiro atoms. The van der Waals surface area contributed by atoms with Crippen LogP contribution in [0.15, 0.2) is 0 Å². The molecule has 8 heteroatoms. The van der Waals surface area contributed by atoms with Gasteiger partial charge in [-0.2, -0.15) is 0 Å². The second kappa shape index (κ2) is 3.96. The van der Waals surface area contributed by atoms with Crippen molar-refractivity contribution in [2.75, 3.05) is 25.6 Å². The molecule has 2 aliphatic heterocycles. The predicted octanol–water partition coefficient (Wildman–Crippen LogP) is 1.34. The standard InChI is InChI=1S/C5H11O6PS/c6-13(7)4-5(3-10-13)11-12-8-1-2-9-12/h5-7H,1-4H2. The van der Waals surface area contributed by atoms with Crippen LogP contribution in [0.3, 0.4) is 0 Å². The van der Waals surface area contributed by atoms with E-state index in [1.165, 1.54) is 0 Å². The van der Waals surface area contributed by atoms with Gasteiger partial charge in [0.15, 0.2) is 0 Å². The van der Waals surface area contributed by atoms with Crippen LogP contribution in [0.5, 0.6) is 0 Å². The van der Waals surface area contributed by atoms with E-state index in [9.17, 15) is 0 Å². The average Bonchev–Trinajstić information content (AvgIpc) is 2.61. The zero-order chi connectivity index (χ0) is 9.31. The van der Waals surface area contributed by atoms with Crippen LogP contribution in [-0.4, -0.2) is 40.8 Å². The van der Waals surface area contributed by atoms with Crippen LogP contribution in [-0.2, 0) is 17.8 Å². The van der Waals surface area contributed by atoms with E-state index in [4.69, 9.17) is 26.9 Å². The van der Waals surface area contributed by atoms with Gasteiger partial charge in [0, 0.05) is 0 Å². The Bertz CT molecular complexity index is 184. The summed E-state index contributed by atoms with van der Waals surface area (Å²) in [4.78, 5) is 0. The zero-order valence-electron chi connectivity index (χ0n) is 6.79. The second-order valence-electron chi connectivity index (χ2n) is 2.68. The first-order valence-corrected chi connectivity index (χ1v) is 6.52. The highest BCUT2D eigenvalue weighted by molar-refractivity contribution is 8.20. The van der Waals surface area contributed by atoms with Gasteiger partial charge < -0.3 is 22.7 Å². The van der Waals surface area contributed by atoms with E-state index in [1.54, 1.807) is 0 Å². The monoisotopic (exact) mass is 230 g/mol. The Kier molecular flexibility index (Phi) is 3.07. The second-order valence-corrected chi connectivity index (χ2v) is 5.63. The van der Waals surface area contributed by atoms with Gasteiger partial charge in [-0.05, 0) is 0 Å². The van der Waals surface area contributed by atoms with Crippen molar-refractivity contribution in [3.63, 3.8) is 0 Å². The van der Waals surface area contributed by atoms with E-state index in [0.717, 1.165) is 0 Å². The van der Waals surface area contributed by atoms with Gasteiger partial charge in [-0.25, -0.2) is 0 Å². The van der Waals surface area contributed by atoms with Gasteiger partial charge in [-0.15, -0.1) is 0 Å². The molecular weight excluding hydrogens is 219 g/mol. The number of hydrogen-bond donors (Lipinski definition) is 2. The van der Waals surface area contributed by atoms with Crippen molar-refractivity contribution >= 4 is 19.5 Å². The molecule has 2 N–H and O–H groups in total. The normalized spacial score (nSPS) is 36.6. The highest BCUT2D eigenvalue weighted by atomic mass is 32.3. The Morgan fingerprint density at radius 2 is 2.00 bits per heavy atom. The van der Waals surface area contributed by atoms with Crippen molar-refractivity contribution in [3.05, 3.63) is 0 Å². The molecule has 0 aromatic heterocycles. The van der Waals surface area contributed by atoms with E-state index < -0.39 is 19.5 Å². The van der Waals surface area contributed by atoms with Crippen LogP contribution in [0, 0.1) is 0 Å². The van der Waals surface area contributed by atoms with Crippen molar-refractivity contribution in [2.24, 2.45) is 0 Å². The lowest BCUT2D eigenvalue weighted by molar-refractivity contribution is 0.151. The summed E-state index contributed by atoms with van der Waals surface area (Å²) in [6.07, 6.45) is -0.325. The third-order valence-electron chi connectivity index (χ3n) is 1.56. The lowest BCUT2D eigenvalue weighted by atomic mass is 10.5. The average molecular weight is 230 g/mol. The Morgan fingerprint density at radius 3 is 2.54 bits per heavy atom. The maximum atomic E-state index is 9.10. The van der Waals surface area contributed by atoms with Crippen LogP contribution < -0.4 is 0 Å². The molecule has 2 heterocycles. The van der Waals surface area contributed by atoms with Gasteiger partial charge >= 0.3 is 8.60 Å². The summed E-state index contributed by atoms with van der Waals surface area (Å²) in [6.45, 7) is 1.26. The molecule has 1 unspecified atom stereocenters. The molecule has 0 aromatic carbocycles. The largest absolute Gasteiger partial charge is 0.333 e. The van der Waals surface area contributed by atoms with E-state index in [2.05, 4.69) is 0 Å². The van der Waals surface area contributed by atoms with Gasteiger partial charge in [0.05, 0.1) is 36.4 Å². The molecule has 0 aromatic rings. The van der Waals surface area contributed by atoms with E-state index in [1.807, 2.05) is 0 Å². The summed E-state index contributed by atoms with van der Waals surface area (Å²) in [5, 5.41) is 0. The third-order valence-corrected chi connectivity index (χ3v) is 4.13. The molecule has 0 saturated carbocycles. The lowest BCUT2D eigenvalue weighted by Gasteiger charge is -2.18. The molecule has 2 saturated heterocycles. The van der Waals surface area contributed by atoms with Crippen LogP contribution in [0.2, 0.25) is 0 Å². The highest BCUT2D eigenvalue weighted by Crippen LogP contribution is 2.51. The SMILES string of the molecule is OS1(O)CC(OP2OCCO2)CO1.